The number of nitrogens with one attached hydrogen (secondary N) is 1. The average molecular weight is 375 g/mol. The van der Waals surface area contributed by atoms with E-state index in [2.05, 4.69) is 10.3 Å². The Hall–Kier alpha value is -2.88. The SMILES string of the molecule is C[C@H]1O[C@@H](n2cc(F)c(NC(=O)/C=C/c3ccccc3)nc2=O)[C@H](O)[C@@H]1O. The number of aliphatic hydroxyl groups excluding tert-OH is 2. The highest BCUT2D eigenvalue weighted by Gasteiger charge is 2.42. The Morgan fingerprint density at radius 3 is 2.63 bits per heavy atom. The predicted octanol–water partition coefficient (Wildman–Crippen LogP) is 0.673. The second kappa shape index (κ2) is 7.78. The summed E-state index contributed by atoms with van der Waals surface area (Å²) in [5.41, 5.74) is -0.166. The van der Waals surface area contributed by atoms with Gasteiger partial charge in [-0.15, -0.1) is 0 Å². The van der Waals surface area contributed by atoms with Gasteiger partial charge < -0.3 is 20.3 Å². The first kappa shape index (κ1) is 18.9. The Labute approximate surface area is 153 Å². The van der Waals surface area contributed by atoms with E-state index >= 15 is 0 Å². The Bertz CT molecular complexity index is 915. The molecule has 1 aromatic heterocycles. The minimum absolute atomic E-state index is 0.542. The maximum Gasteiger partial charge on any atom is 0.351 e. The van der Waals surface area contributed by atoms with Crippen molar-refractivity contribution < 1.29 is 24.1 Å². The molecule has 1 aliphatic rings. The van der Waals surface area contributed by atoms with E-state index < -0.39 is 47.8 Å². The Kier molecular flexibility index (Phi) is 5.45. The van der Waals surface area contributed by atoms with Gasteiger partial charge in [-0.3, -0.25) is 9.36 Å². The van der Waals surface area contributed by atoms with Crippen molar-refractivity contribution in [2.45, 2.75) is 31.5 Å². The van der Waals surface area contributed by atoms with Gasteiger partial charge in [0, 0.05) is 6.08 Å². The highest BCUT2D eigenvalue weighted by atomic mass is 19.1. The summed E-state index contributed by atoms with van der Waals surface area (Å²) >= 11 is 0. The number of aliphatic hydroxyl groups is 2. The van der Waals surface area contributed by atoms with E-state index in [1.807, 2.05) is 6.07 Å². The summed E-state index contributed by atoms with van der Waals surface area (Å²) in [7, 11) is 0. The molecular formula is C18H18FN3O5. The van der Waals surface area contributed by atoms with Gasteiger partial charge in [0.1, 0.15) is 12.2 Å². The molecule has 2 heterocycles. The van der Waals surface area contributed by atoms with E-state index in [0.717, 1.165) is 16.3 Å². The van der Waals surface area contributed by atoms with Crippen LogP contribution in [0.5, 0.6) is 0 Å². The van der Waals surface area contributed by atoms with Crippen LogP contribution in [0.25, 0.3) is 6.08 Å². The number of hydrogen-bond donors (Lipinski definition) is 3. The summed E-state index contributed by atoms with van der Waals surface area (Å²) in [6.07, 6.45) is -1.15. The monoisotopic (exact) mass is 375 g/mol. The van der Waals surface area contributed by atoms with Crippen molar-refractivity contribution in [2.24, 2.45) is 0 Å². The Morgan fingerprint density at radius 1 is 1.30 bits per heavy atom. The predicted molar refractivity (Wildman–Crippen MR) is 94.2 cm³/mol. The number of carbonyl (C=O) groups excluding carboxylic acids is 1. The molecule has 0 bridgehead atoms. The van der Waals surface area contributed by atoms with Crippen molar-refractivity contribution in [3.05, 3.63) is 64.5 Å². The second-order valence-electron chi connectivity index (χ2n) is 6.07. The topological polar surface area (TPSA) is 114 Å². The summed E-state index contributed by atoms with van der Waals surface area (Å²) < 4.78 is 20.3. The number of carbonyl (C=O) groups is 1. The summed E-state index contributed by atoms with van der Waals surface area (Å²) in [6, 6.07) is 9.00. The minimum Gasteiger partial charge on any atom is -0.388 e. The average Bonchev–Trinajstić information content (AvgIpc) is 2.91. The molecule has 27 heavy (non-hydrogen) atoms. The van der Waals surface area contributed by atoms with Gasteiger partial charge in [0.05, 0.1) is 12.3 Å². The van der Waals surface area contributed by atoms with Gasteiger partial charge in [0.15, 0.2) is 17.9 Å². The first-order valence-corrected chi connectivity index (χ1v) is 8.21. The third-order valence-corrected chi connectivity index (χ3v) is 4.13. The summed E-state index contributed by atoms with van der Waals surface area (Å²) in [5.74, 6) is -2.19. The molecule has 1 amide bonds. The van der Waals surface area contributed by atoms with Crippen molar-refractivity contribution in [3.63, 3.8) is 0 Å². The first-order valence-electron chi connectivity index (χ1n) is 8.21. The molecule has 3 rings (SSSR count). The van der Waals surface area contributed by atoms with Crippen LogP contribution in [-0.4, -0.2) is 44.0 Å². The number of amides is 1. The molecule has 0 unspecified atom stereocenters. The molecule has 0 saturated carbocycles. The molecule has 8 nitrogen and oxygen atoms in total. The highest BCUT2D eigenvalue weighted by molar-refractivity contribution is 6.01. The lowest BCUT2D eigenvalue weighted by Gasteiger charge is -2.17. The Morgan fingerprint density at radius 2 is 2.00 bits per heavy atom. The molecule has 9 heteroatoms. The van der Waals surface area contributed by atoms with Gasteiger partial charge in [0.25, 0.3) is 0 Å². The van der Waals surface area contributed by atoms with E-state index in [-0.39, 0.29) is 0 Å². The normalized spacial score (nSPS) is 25.0. The molecule has 4 atom stereocenters. The van der Waals surface area contributed by atoms with E-state index in [1.165, 1.54) is 19.1 Å². The third-order valence-electron chi connectivity index (χ3n) is 4.13. The number of ether oxygens (including phenoxy) is 1. The van der Waals surface area contributed by atoms with E-state index in [0.29, 0.717) is 0 Å². The second-order valence-corrected chi connectivity index (χ2v) is 6.07. The smallest absolute Gasteiger partial charge is 0.351 e. The van der Waals surface area contributed by atoms with Crippen LogP contribution in [-0.2, 0) is 9.53 Å². The van der Waals surface area contributed by atoms with Gasteiger partial charge in [0.2, 0.25) is 5.91 Å². The number of nitrogens with zero attached hydrogens (tertiary/aromatic N) is 2. The fourth-order valence-electron chi connectivity index (χ4n) is 2.67. The lowest BCUT2D eigenvalue weighted by atomic mass is 10.1. The standard InChI is InChI=1S/C18H18FN3O5/c1-10-14(24)15(25)17(27-10)22-9-12(19)16(21-18(22)26)20-13(23)8-7-11-5-3-2-4-6-11/h2-10,14-15,17,24-25H,1H3,(H,20,21,23,26)/b8-7+/t10-,14-,15-,17-/m1/s1. The first-order chi connectivity index (χ1) is 12.9. The third kappa shape index (κ3) is 4.11. The van der Waals surface area contributed by atoms with Crippen molar-refractivity contribution >= 4 is 17.8 Å². The fraction of sp³-hybridized carbons (Fsp3) is 0.278. The zero-order valence-corrected chi connectivity index (χ0v) is 14.3. The maximum absolute atomic E-state index is 14.3. The number of anilines is 1. The largest absolute Gasteiger partial charge is 0.388 e. The van der Waals surface area contributed by atoms with Crippen LogP contribution >= 0.6 is 0 Å². The van der Waals surface area contributed by atoms with E-state index in [4.69, 9.17) is 4.74 Å². The van der Waals surface area contributed by atoms with Gasteiger partial charge in [-0.2, -0.15) is 4.98 Å². The number of aromatic nitrogens is 2. The summed E-state index contributed by atoms with van der Waals surface area (Å²) in [6.45, 7) is 1.51. The molecule has 1 aliphatic heterocycles. The van der Waals surface area contributed by atoms with Crippen LogP contribution in [0.4, 0.5) is 10.2 Å². The Balaban J connectivity index is 1.76. The van der Waals surface area contributed by atoms with Crippen LogP contribution in [0, 0.1) is 5.82 Å². The molecule has 1 aromatic carbocycles. The van der Waals surface area contributed by atoms with Crippen molar-refractivity contribution in [3.8, 4) is 0 Å². The molecule has 0 spiro atoms. The summed E-state index contributed by atoms with van der Waals surface area (Å²) in [4.78, 5) is 27.6. The van der Waals surface area contributed by atoms with Gasteiger partial charge in [-0.05, 0) is 18.6 Å². The molecule has 2 aromatic rings. The van der Waals surface area contributed by atoms with Crippen LogP contribution in [0.1, 0.15) is 18.7 Å². The van der Waals surface area contributed by atoms with Crippen molar-refractivity contribution in [2.75, 3.05) is 5.32 Å². The van der Waals surface area contributed by atoms with Crippen LogP contribution < -0.4 is 11.0 Å². The molecule has 0 aliphatic carbocycles. The molecular weight excluding hydrogens is 357 g/mol. The van der Waals surface area contributed by atoms with Crippen LogP contribution in [0.15, 0.2) is 47.4 Å². The molecule has 1 fully saturated rings. The van der Waals surface area contributed by atoms with E-state index in [9.17, 15) is 24.2 Å². The number of benzene rings is 1. The van der Waals surface area contributed by atoms with Gasteiger partial charge in [-0.25, -0.2) is 9.18 Å². The van der Waals surface area contributed by atoms with Crippen LogP contribution in [0.3, 0.4) is 0 Å². The van der Waals surface area contributed by atoms with Gasteiger partial charge in [-0.1, -0.05) is 30.3 Å². The number of halogens is 1. The zero-order valence-electron chi connectivity index (χ0n) is 14.3. The fourth-order valence-corrected chi connectivity index (χ4v) is 2.67. The zero-order chi connectivity index (χ0) is 19.6. The number of hydrogen-bond acceptors (Lipinski definition) is 6. The lowest BCUT2D eigenvalue weighted by molar-refractivity contribution is -0.111. The van der Waals surface area contributed by atoms with Crippen molar-refractivity contribution in [1.29, 1.82) is 0 Å². The molecule has 3 N–H and O–H groups in total. The maximum atomic E-state index is 14.3. The highest BCUT2D eigenvalue weighted by Crippen LogP contribution is 2.28. The van der Waals surface area contributed by atoms with E-state index in [1.54, 1.807) is 24.3 Å². The molecule has 1 saturated heterocycles. The lowest BCUT2D eigenvalue weighted by Crippen LogP contribution is -2.36. The molecule has 0 radical (unpaired) electrons. The quantitative estimate of drug-likeness (QED) is 0.677. The summed E-state index contributed by atoms with van der Waals surface area (Å²) in [5, 5.41) is 21.8. The molecule has 142 valence electrons. The number of rotatable bonds is 4. The van der Waals surface area contributed by atoms with Crippen LogP contribution in [0.2, 0.25) is 0 Å². The minimum atomic E-state index is -1.41. The van der Waals surface area contributed by atoms with Gasteiger partial charge >= 0.3 is 5.69 Å². The van der Waals surface area contributed by atoms with Crippen molar-refractivity contribution in [1.82, 2.24) is 9.55 Å².